The molecule has 3 aliphatic rings. The standard InChI is InChI=1S/C16H30N2/c1-2-4-8-15(7-3-1)18(16-9-10-16)13-14-6-5-11-17-12-14/h14-17H,1-13H2. The van der Waals surface area contributed by atoms with E-state index in [1.165, 1.54) is 83.8 Å². The molecule has 3 rings (SSSR count). The maximum atomic E-state index is 3.59. The second-order valence-corrected chi connectivity index (χ2v) is 6.79. The fraction of sp³-hybridized carbons (Fsp3) is 1.00. The maximum absolute atomic E-state index is 3.59. The van der Waals surface area contributed by atoms with Gasteiger partial charge >= 0.3 is 0 Å². The van der Waals surface area contributed by atoms with Crippen LogP contribution in [0.4, 0.5) is 0 Å². The van der Waals surface area contributed by atoms with E-state index in [9.17, 15) is 0 Å². The minimum atomic E-state index is 0.932. The van der Waals surface area contributed by atoms with Crippen molar-refractivity contribution in [3.05, 3.63) is 0 Å². The number of piperidine rings is 1. The minimum Gasteiger partial charge on any atom is -0.316 e. The molecule has 0 aromatic carbocycles. The van der Waals surface area contributed by atoms with E-state index >= 15 is 0 Å². The molecule has 0 aromatic heterocycles. The lowest BCUT2D eigenvalue weighted by Gasteiger charge is -2.35. The zero-order valence-corrected chi connectivity index (χ0v) is 11.9. The molecule has 0 amide bonds. The Balaban J connectivity index is 1.56. The van der Waals surface area contributed by atoms with Crippen LogP contribution in [-0.4, -0.2) is 36.6 Å². The summed E-state index contributed by atoms with van der Waals surface area (Å²) in [5, 5.41) is 3.59. The van der Waals surface area contributed by atoms with Crippen molar-refractivity contribution < 1.29 is 0 Å². The molecular weight excluding hydrogens is 220 g/mol. The van der Waals surface area contributed by atoms with E-state index < -0.39 is 0 Å². The summed E-state index contributed by atoms with van der Waals surface area (Å²) < 4.78 is 0. The summed E-state index contributed by atoms with van der Waals surface area (Å²) in [5.41, 5.74) is 0. The molecule has 1 saturated heterocycles. The topological polar surface area (TPSA) is 15.3 Å². The summed E-state index contributed by atoms with van der Waals surface area (Å²) in [6.45, 7) is 3.92. The van der Waals surface area contributed by atoms with Gasteiger partial charge in [-0.15, -0.1) is 0 Å². The Morgan fingerprint density at radius 1 is 0.778 bits per heavy atom. The lowest BCUT2D eigenvalue weighted by atomic mass is 9.97. The molecular formula is C16H30N2. The van der Waals surface area contributed by atoms with Crippen LogP contribution in [0.3, 0.4) is 0 Å². The van der Waals surface area contributed by atoms with E-state index in [0.29, 0.717) is 0 Å². The third-order valence-electron chi connectivity index (χ3n) is 5.18. The smallest absolute Gasteiger partial charge is 0.00994 e. The van der Waals surface area contributed by atoms with Crippen molar-refractivity contribution in [1.29, 1.82) is 0 Å². The summed E-state index contributed by atoms with van der Waals surface area (Å²) in [5.74, 6) is 0.933. The predicted molar refractivity (Wildman–Crippen MR) is 76.8 cm³/mol. The normalized spacial score (nSPS) is 31.5. The van der Waals surface area contributed by atoms with Gasteiger partial charge in [-0.25, -0.2) is 0 Å². The Morgan fingerprint density at radius 3 is 2.11 bits per heavy atom. The third kappa shape index (κ3) is 3.48. The fourth-order valence-electron chi connectivity index (χ4n) is 3.97. The molecule has 1 unspecified atom stereocenters. The highest BCUT2D eigenvalue weighted by Gasteiger charge is 2.35. The van der Waals surface area contributed by atoms with Crippen LogP contribution in [0.5, 0.6) is 0 Å². The highest BCUT2D eigenvalue weighted by Crippen LogP contribution is 2.34. The molecule has 1 atom stereocenters. The highest BCUT2D eigenvalue weighted by molar-refractivity contribution is 4.91. The largest absolute Gasteiger partial charge is 0.316 e. The molecule has 2 heteroatoms. The first-order valence-electron chi connectivity index (χ1n) is 8.40. The quantitative estimate of drug-likeness (QED) is 0.771. The average molecular weight is 250 g/mol. The third-order valence-corrected chi connectivity index (χ3v) is 5.18. The monoisotopic (exact) mass is 250 g/mol. The van der Waals surface area contributed by atoms with Crippen LogP contribution in [0.25, 0.3) is 0 Å². The van der Waals surface area contributed by atoms with Crippen molar-refractivity contribution in [2.75, 3.05) is 19.6 Å². The average Bonchev–Trinajstić information content (AvgIpc) is 3.24. The Morgan fingerprint density at radius 2 is 1.50 bits per heavy atom. The van der Waals surface area contributed by atoms with Gasteiger partial charge in [0.05, 0.1) is 0 Å². The fourth-order valence-corrected chi connectivity index (χ4v) is 3.97. The van der Waals surface area contributed by atoms with Gasteiger partial charge in [-0.3, -0.25) is 4.90 Å². The van der Waals surface area contributed by atoms with Crippen LogP contribution in [0.1, 0.15) is 64.2 Å². The number of nitrogens with one attached hydrogen (secondary N) is 1. The summed E-state index contributed by atoms with van der Waals surface area (Å²) in [4.78, 5) is 2.93. The van der Waals surface area contributed by atoms with E-state index in [1.807, 2.05) is 0 Å². The van der Waals surface area contributed by atoms with Crippen LogP contribution in [0.15, 0.2) is 0 Å². The van der Waals surface area contributed by atoms with Crippen LogP contribution < -0.4 is 5.32 Å². The van der Waals surface area contributed by atoms with E-state index in [4.69, 9.17) is 0 Å². The van der Waals surface area contributed by atoms with Gasteiger partial charge in [0.1, 0.15) is 0 Å². The van der Waals surface area contributed by atoms with Gasteiger partial charge in [-0.2, -0.15) is 0 Å². The molecule has 18 heavy (non-hydrogen) atoms. The van der Waals surface area contributed by atoms with Gasteiger partial charge in [0.2, 0.25) is 0 Å². The van der Waals surface area contributed by atoms with Gasteiger partial charge in [-0.05, 0) is 57.5 Å². The molecule has 0 bridgehead atoms. The Kier molecular flexibility index (Phi) is 4.58. The Bertz CT molecular complexity index is 235. The lowest BCUT2D eigenvalue weighted by molar-refractivity contribution is 0.132. The van der Waals surface area contributed by atoms with Gasteiger partial charge < -0.3 is 5.32 Å². The molecule has 0 radical (unpaired) electrons. The SMILES string of the molecule is C1CCCC(N(CC2CCCNC2)C2CC2)CC1. The van der Waals surface area contributed by atoms with E-state index in [2.05, 4.69) is 10.2 Å². The van der Waals surface area contributed by atoms with Crippen LogP contribution in [-0.2, 0) is 0 Å². The first-order chi connectivity index (χ1) is 8.93. The zero-order chi connectivity index (χ0) is 12.2. The number of hydrogen-bond acceptors (Lipinski definition) is 2. The number of hydrogen-bond donors (Lipinski definition) is 1. The van der Waals surface area contributed by atoms with Gasteiger partial charge in [0.15, 0.2) is 0 Å². The van der Waals surface area contributed by atoms with Crippen molar-refractivity contribution in [3.63, 3.8) is 0 Å². The molecule has 1 aliphatic heterocycles. The lowest BCUT2D eigenvalue weighted by Crippen LogP contribution is -2.44. The highest BCUT2D eigenvalue weighted by atomic mass is 15.2. The van der Waals surface area contributed by atoms with E-state index in [-0.39, 0.29) is 0 Å². The van der Waals surface area contributed by atoms with Crippen molar-refractivity contribution in [2.24, 2.45) is 5.92 Å². The molecule has 104 valence electrons. The van der Waals surface area contributed by atoms with Gasteiger partial charge in [0, 0.05) is 18.6 Å². The maximum Gasteiger partial charge on any atom is 0.00994 e. The van der Waals surface area contributed by atoms with Crippen LogP contribution >= 0.6 is 0 Å². The molecule has 0 spiro atoms. The summed E-state index contributed by atoms with van der Waals surface area (Å²) in [6, 6.07) is 1.90. The summed E-state index contributed by atoms with van der Waals surface area (Å²) in [7, 11) is 0. The molecule has 2 nitrogen and oxygen atoms in total. The summed E-state index contributed by atoms with van der Waals surface area (Å²) in [6.07, 6.45) is 14.7. The first kappa shape index (κ1) is 12.9. The van der Waals surface area contributed by atoms with E-state index in [1.54, 1.807) is 0 Å². The van der Waals surface area contributed by atoms with Crippen molar-refractivity contribution in [2.45, 2.75) is 76.3 Å². The Labute approximate surface area is 113 Å². The zero-order valence-electron chi connectivity index (χ0n) is 11.9. The van der Waals surface area contributed by atoms with Gasteiger partial charge in [0.25, 0.3) is 0 Å². The molecule has 2 saturated carbocycles. The predicted octanol–water partition coefficient (Wildman–Crippen LogP) is 3.17. The van der Waals surface area contributed by atoms with Crippen LogP contribution in [0, 0.1) is 5.92 Å². The van der Waals surface area contributed by atoms with Gasteiger partial charge in [-0.1, -0.05) is 25.7 Å². The molecule has 2 aliphatic carbocycles. The van der Waals surface area contributed by atoms with E-state index in [0.717, 1.165) is 18.0 Å². The molecule has 1 heterocycles. The minimum absolute atomic E-state index is 0.932. The molecule has 1 N–H and O–H groups in total. The first-order valence-corrected chi connectivity index (χ1v) is 8.40. The van der Waals surface area contributed by atoms with Crippen LogP contribution in [0.2, 0.25) is 0 Å². The Hall–Kier alpha value is -0.0800. The van der Waals surface area contributed by atoms with Crippen molar-refractivity contribution in [1.82, 2.24) is 10.2 Å². The summed E-state index contributed by atoms with van der Waals surface area (Å²) >= 11 is 0. The number of nitrogens with zero attached hydrogens (tertiary/aromatic N) is 1. The van der Waals surface area contributed by atoms with Crippen molar-refractivity contribution >= 4 is 0 Å². The molecule has 3 fully saturated rings. The second-order valence-electron chi connectivity index (χ2n) is 6.79. The van der Waals surface area contributed by atoms with Crippen molar-refractivity contribution in [3.8, 4) is 0 Å². The second kappa shape index (κ2) is 6.38. The molecule has 0 aromatic rings. The number of rotatable bonds is 4.